The van der Waals surface area contributed by atoms with Gasteiger partial charge in [0.15, 0.2) is 23.0 Å². The van der Waals surface area contributed by atoms with Crippen LogP contribution in [-0.4, -0.2) is 46.2 Å². The first-order valence-corrected chi connectivity index (χ1v) is 15.5. The summed E-state index contributed by atoms with van der Waals surface area (Å²) in [4.78, 5) is 0. The van der Waals surface area contributed by atoms with Crippen LogP contribution >= 0.6 is 0 Å². The van der Waals surface area contributed by atoms with E-state index in [-0.39, 0.29) is 29.0 Å². The molecule has 0 heterocycles. The van der Waals surface area contributed by atoms with Crippen LogP contribution in [0.15, 0.2) is 24.3 Å². The molecule has 0 aliphatic rings. The van der Waals surface area contributed by atoms with Crippen LogP contribution in [0.25, 0.3) is 0 Å². The summed E-state index contributed by atoms with van der Waals surface area (Å²) < 4.78 is 11.6. The van der Waals surface area contributed by atoms with Gasteiger partial charge in [0.25, 0.3) is 0 Å². The van der Waals surface area contributed by atoms with Crippen molar-refractivity contribution in [2.24, 2.45) is 11.8 Å². The first kappa shape index (κ1) is 34.4. The molecule has 0 amide bonds. The van der Waals surface area contributed by atoms with Gasteiger partial charge >= 0.3 is 0 Å². The second-order valence-electron chi connectivity index (χ2n) is 11.2. The summed E-state index contributed by atoms with van der Waals surface area (Å²) >= 11 is 0. The molecule has 8 heteroatoms. The minimum atomic E-state index is -0.227. The van der Waals surface area contributed by atoms with Crippen molar-refractivity contribution in [3.63, 3.8) is 0 Å². The molecule has 8 nitrogen and oxygen atoms in total. The van der Waals surface area contributed by atoms with E-state index in [4.69, 9.17) is 9.47 Å². The van der Waals surface area contributed by atoms with Gasteiger partial charge in [0.2, 0.25) is 11.5 Å². The van der Waals surface area contributed by atoms with E-state index in [1.807, 2.05) is 6.92 Å². The third kappa shape index (κ3) is 11.2. The summed E-state index contributed by atoms with van der Waals surface area (Å²) in [5.41, 5.74) is 1.16. The Kier molecular flexibility index (Phi) is 15.6. The Bertz CT molecular complexity index is 1030. The maximum Gasteiger partial charge on any atom is 0.200 e. The van der Waals surface area contributed by atoms with E-state index in [1.165, 1.54) is 0 Å². The molecule has 6 N–H and O–H groups in total. The molecule has 3 atom stereocenters. The first-order valence-electron chi connectivity index (χ1n) is 15.5. The van der Waals surface area contributed by atoms with Gasteiger partial charge < -0.3 is 40.5 Å². The second-order valence-corrected chi connectivity index (χ2v) is 11.2. The van der Waals surface area contributed by atoms with Gasteiger partial charge in [-0.2, -0.15) is 0 Å². The van der Waals surface area contributed by atoms with Crippen LogP contribution in [0.1, 0.15) is 97.1 Å². The van der Waals surface area contributed by atoms with Gasteiger partial charge in [0, 0.05) is 36.8 Å². The smallest absolute Gasteiger partial charge is 0.200 e. The fourth-order valence-electron chi connectivity index (χ4n) is 4.72. The lowest BCUT2D eigenvalue weighted by molar-refractivity contribution is 0.223. The molecule has 0 bridgehead atoms. The van der Waals surface area contributed by atoms with E-state index in [9.17, 15) is 20.4 Å². The highest BCUT2D eigenvalue weighted by Gasteiger charge is 2.17. The van der Waals surface area contributed by atoms with Crippen LogP contribution < -0.4 is 20.1 Å². The maximum atomic E-state index is 10.5. The Morgan fingerprint density at radius 2 is 1.12 bits per heavy atom. The molecule has 0 saturated carbocycles. The van der Waals surface area contributed by atoms with E-state index in [0.717, 1.165) is 51.4 Å². The third-order valence-electron chi connectivity index (χ3n) is 7.84. The van der Waals surface area contributed by atoms with E-state index in [2.05, 4.69) is 38.3 Å². The summed E-state index contributed by atoms with van der Waals surface area (Å²) in [7, 11) is 0. The van der Waals surface area contributed by atoms with Gasteiger partial charge in [-0.05, 0) is 43.7 Å². The molecule has 232 valence electrons. The van der Waals surface area contributed by atoms with Gasteiger partial charge in [-0.15, -0.1) is 0 Å². The molecule has 41 heavy (non-hydrogen) atoms. The zero-order chi connectivity index (χ0) is 30.2. The molecular weight excluding hydrogens is 520 g/mol. The normalized spacial score (nSPS) is 13.6. The summed E-state index contributed by atoms with van der Waals surface area (Å²) in [6, 6.07) is 6.97. The molecule has 0 spiro atoms. The molecule has 2 aromatic rings. The Morgan fingerprint density at radius 3 is 1.56 bits per heavy atom. The number of hydrogen-bond acceptors (Lipinski definition) is 8. The first-order chi connectivity index (χ1) is 19.7. The zero-order valence-electron chi connectivity index (χ0n) is 25.8. The fourth-order valence-corrected chi connectivity index (χ4v) is 4.72. The van der Waals surface area contributed by atoms with Gasteiger partial charge in [0.1, 0.15) is 0 Å². The monoisotopic (exact) mass is 574 g/mol. The number of phenols is 4. The predicted octanol–water partition coefficient (Wildman–Crippen LogP) is 6.97. The second kappa shape index (κ2) is 18.6. The molecular formula is C33H54N2O6. The molecule has 2 rings (SSSR count). The molecule has 2 aromatic carbocycles. The molecule has 0 aromatic heterocycles. The fraction of sp³-hybridized carbons (Fsp3) is 0.636. The van der Waals surface area contributed by atoms with Crippen molar-refractivity contribution < 1.29 is 29.9 Å². The van der Waals surface area contributed by atoms with Gasteiger partial charge in [-0.1, -0.05) is 78.4 Å². The summed E-state index contributed by atoms with van der Waals surface area (Å²) in [6.45, 7) is 13.0. The van der Waals surface area contributed by atoms with Crippen molar-refractivity contribution in [1.82, 2.24) is 10.6 Å². The number of unbranched alkanes of at least 4 members (excludes halogenated alkanes) is 2. The molecule has 3 unspecified atom stereocenters. The summed E-state index contributed by atoms with van der Waals surface area (Å²) in [5.74, 6) is 0.666. The number of nitrogens with one attached hydrogen (secondary N) is 2. The molecule has 0 radical (unpaired) electrons. The molecule has 0 aliphatic heterocycles. The third-order valence-corrected chi connectivity index (χ3v) is 7.84. The van der Waals surface area contributed by atoms with Crippen LogP contribution in [0.5, 0.6) is 34.5 Å². The number of aromatic hydroxyl groups is 4. The van der Waals surface area contributed by atoms with Crippen LogP contribution in [0, 0.1) is 11.8 Å². The van der Waals surface area contributed by atoms with Gasteiger partial charge in [0.05, 0.1) is 13.2 Å². The van der Waals surface area contributed by atoms with Crippen LogP contribution in [-0.2, 0) is 13.1 Å². The number of benzene rings is 2. The van der Waals surface area contributed by atoms with Crippen molar-refractivity contribution in [3.8, 4) is 34.5 Å². The van der Waals surface area contributed by atoms with Crippen molar-refractivity contribution in [2.45, 2.75) is 105 Å². The van der Waals surface area contributed by atoms with Crippen molar-refractivity contribution in [3.05, 3.63) is 35.4 Å². The Hall–Kier alpha value is -2.84. The van der Waals surface area contributed by atoms with Crippen molar-refractivity contribution in [1.29, 1.82) is 0 Å². The minimum Gasteiger partial charge on any atom is -0.504 e. The lowest BCUT2D eigenvalue weighted by Crippen LogP contribution is -2.35. The van der Waals surface area contributed by atoms with E-state index < -0.39 is 0 Å². The maximum absolute atomic E-state index is 10.5. The highest BCUT2D eigenvalue weighted by Crippen LogP contribution is 2.39. The van der Waals surface area contributed by atoms with Crippen molar-refractivity contribution in [2.75, 3.05) is 19.8 Å². The lowest BCUT2D eigenvalue weighted by atomic mass is 10.0. The topological polar surface area (TPSA) is 123 Å². The van der Waals surface area contributed by atoms with Gasteiger partial charge in [-0.25, -0.2) is 0 Å². The number of rotatable bonds is 21. The van der Waals surface area contributed by atoms with E-state index >= 15 is 0 Å². The zero-order valence-corrected chi connectivity index (χ0v) is 25.8. The molecule has 0 saturated heterocycles. The Labute approximate surface area is 247 Å². The lowest BCUT2D eigenvalue weighted by Gasteiger charge is -2.19. The average molecular weight is 575 g/mol. The molecule has 0 fully saturated rings. The number of hydrogen-bond donors (Lipinski definition) is 6. The van der Waals surface area contributed by atoms with E-state index in [0.29, 0.717) is 67.3 Å². The summed E-state index contributed by atoms with van der Waals surface area (Å²) in [5, 5.41) is 48.6. The highest BCUT2D eigenvalue weighted by molar-refractivity contribution is 5.54. The Balaban J connectivity index is 1.82. The van der Waals surface area contributed by atoms with E-state index in [1.54, 1.807) is 24.3 Å². The highest BCUT2D eigenvalue weighted by atomic mass is 16.5. The summed E-state index contributed by atoms with van der Waals surface area (Å²) in [6.07, 6.45) is 8.80. The quantitative estimate of drug-likeness (QED) is 0.0884. The van der Waals surface area contributed by atoms with Crippen LogP contribution in [0.3, 0.4) is 0 Å². The standard InChI is InChI=1S/C33H54N2O6/c1-6-10-12-24(8-3)21-40-28-16-14-26(30(36)32(28)38)19-34-18-23(5)35-20-27-15-17-29(33(39)31(27)37)41-22-25(9-4)13-11-7-2/h14-17,23-25,34-39H,6-13,18-22H2,1-5H3. The predicted molar refractivity (Wildman–Crippen MR) is 165 cm³/mol. The molecule has 0 aliphatic carbocycles. The number of phenolic OH excluding ortho intramolecular Hbond substituents is 4. The largest absolute Gasteiger partial charge is 0.504 e. The van der Waals surface area contributed by atoms with Gasteiger partial charge in [-0.3, -0.25) is 0 Å². The van der Waals surface area contributed by atoms with Crippen molar-refractivity contribution >= 4 is 0 Å². The Morgan fingerprint density at radius 1 is 0.659 bits per heavy atom. The number of ether oxygens (including phenoxy) is 2. The van der Waals surface area contributed by atoms with Crippen LogP contribution in [0.4, 0.5) is 0 Å². The minimum absolute atomic E-state index is 0.0313. The average Bonchev–Trinajstić information content (AvgIpc) is 2.97. The van der Waals surface area contributed by atoms with Crippen LogP contribution in [0.2, 0.25) is 0 Å². The SMILES string of the molecule is CCCCC(CC)COc1ccc(CNCC(C)NCc2ccc(OCC(CC)CCCC)c(O)c2O)c(O)c1O.